The highest BCUT2D eigenvalue weighted by Crippen LogP contribution is 2.36. The maximum absolute atomic E-state index is 6.60. The van der Waals surface area contributed by atoms with Crippen molar-refractivity contribution in [2.45, 2.75) is 52.4 Å². The number of imidazole rings is 1. The van der Waals surface area contributed by atoms with Gasteiger partial charge in [0.25, 0.3) is 6.33 Å². The largest absolute Gasteiger partial charge is 0.458 e. The molecule has 0 amide bonds. The van der Waals surface area contributed by atoms with Crippen molar-refractivity contribution in [1.82, 2.24) is 14.1 Å². The van der Waals surface area contributed by atoms with Gasteiger partial charge in [-0.25, -0.2) is 4.98 Å². The van der Waals surface area contributed by atoms with Crippen molar-refractivity contribution in [2.75, 3.05) is 0 Å². The highest BCUT2D eigenvalue weighted by molar-refractivity contribution is 6.09. The Morgan fingerprint density at radius 3 is 2.14 bits per heavy atom. The minimum atomic E-state index is -0.117. The lowest BCUT2D eigenvalue weighted by Gasteiger charge is -2.20. The van der Waals surface area contributed by atoms with Gasteiger partial charge >= 0.3 is 0 Å². The summed E-state index contributed by atoms with van der Waals surface area (Å²) in [6.45, 7) is 13.4. The second-order valence-corrected chi connectivity index (χ2v) is 15.3. The molecular formula is C46H42N4O. The number of pyridine rings is 1. The number of benzene rings is 5. The van der Waals surface area contributed by atoms with Crippen molar-refractivity contribution in [3.05, 3.63) is 163 Å². The van der Waals surface area contributed by atoms with Crippen molar-refractivity contribution in [2.24, 2.45) is 0 Å². The molecule has 0 radical (unpaired) electrons. The molecule has 3 aromatic heterocycles. The number of nitrogens with zero attached hydrogens (tertiary/aromatic N) is 4. The Hall–Kier alpha value is -5.94. The molecule has 0 bridgehead atoms. The molecule has 0 saturated heterocycles. The third-order valence-corrected chi connectivity index (χ3v) is 9.50. The molecule has 0 fully saturated rings. The van der Waals surface area contributed by atoms with E-state index in [0.717, 1.165) is 50.8 Å². The van der Waals surface area contributed by atoms with Gasteiger partial charge in [-0.15, -0.1) is 0 Å². The van der Waals surface area contributed by atoms with Gasteiger partial charge in [-0.3, -0.25) is 13.7 Å². The zero-order valence-electron chi connectivity index (χ0n) is 30.1. The normalized spacial score (nSPS) is 12.1. The highest BCUT2D eigenvalue weighted by atomic mass is 16.5. The van der Waals surface area contributed by atoms with Crippen LogP contribution in [0, 0.1) is 6.33 Å². The van der Waals surface area contributed by atoms with E-state index in [9.17, 15) is 0 Å². The van der Waals surface area contributed by atoms with E-state index in [2.05, 4.69) is 183 Å². The van der Waals surface area contributed by atoms with E-state index in [1.165, 1.54) is 22.1 Å². The Bertz CT molecular complexity index is 2530. The molecule has 0 atom stereocenters. The molecule has 8 aromatic rings. The molecule has 3 heterocycles. The molecule has 8 rings (SSSR count). The lowest BCUT2D eigenvalue weighted by Crippen LogP contribution is -2.38. The van der Waals surface area contributed by atoms with Gasteiger partial charge < -0.3 is 4.74 Å². The van der Waals surface area contributed by atoms with Gasteiger partial charge in [0.05, 0.1) is 28.1 Å². The molecule has 0 aliphatic carbocycles. The lowest BCUT2D eigenvalue weighted by atomic mass is 9.88. The predicted molar refractivity (Wildman–Crippen MR) is 208 cm³/mol. The van der Waals surface area contributed by atoms with E-state index in [-0.39, 0.29) is 10.8 Å². The monoisotopic (exact) mass is 666 g/mol. The molecule has 5 aromatic carbocycles. The topological polar surface area (TPSA) is 35.9 Å². The first-order valence-electron chi connectivity index (χ1n) is 17.5. The third kappa shape index (κ3) is 6.21. The zero-order valence-corrected chi connectivity index (χ0v) is 30.1. The number of ether oxygens (including phenoxy) is 1. The Morgan fingerprint density at radius 2 is 1.33 bits per heavy atom. The minimum absolute atomic E-state index is 0.00595. The van der Waals surface area contributed by atoms with Gasteiger partial charge in [0.15, 0.2) is 0 Å². The van der Waals surface area contributed by atoms with E-state index in [1.54, 1.807) is 0 Å². The van der Waals surface area contributed by atoms with E-state index in [0.29, 0.717) is 0 Å². The van der Waals surface area contributed by atoms with Crippen LogP contribution in [0.5, 0.6) is 11.5 Å². The molecule has 51 heavy (non-hydrogen) atoms. The van der Waals surface area contributed by atoms with E-state index < -0.39 is 0 Å². The summed E-state index contributed by atoms with van der Waals surface area (Å²) in [5.41, 5.74) is 8.85. The maximum atomic E-state index is 6.60. The summed E-state index contributed by atoms with van der Waals surface area (Å²) in [5.74, 6) is 2.41. The predicted octanol–water partition coefficient (Wildman–Crippen LogP) is 11.1. The Labute approximate surface area is 300 Å². The second kappa shape index (κ2) is 12.4. The molecule has 0 unspecified atom stereocenters. The van der Waals surface area contributed by atoms with Gasteiger partial charge in [0, 0.05) is 29.2 Å². The van der Waals surface area contributed by atoms with Crippen LogP contribution >= 0.6 is 0 Å². The summed E-state index contributed by atoms with van der Waals surface area (Å²) in [6.07, 6.45) is 7.73. The molecule has 0 N–H and O–H groups in total. The first kappa shape index (κ1) is 32.3. The third-order valence-electron chi connectivity index (χ3n) is 9.50. The first-order valence-corrected chi connectivity index (χ1v) is 17.5. The number of hydrogen-bond acceptors (Lipinski definition) is 2. The van der Waals surface area contributed by atoms with E-state index in [4.69, 9.17) is 9.72 Å². The van der Waals surface area contributed by atoms with Crippen molar-refractivity contribution in [3.8, 4) is 39.8 Å². The Balaban J connectivity index is 1.17. The summed E-state index contributed by atoms with van der Waals surface area (Å²) in [4.78, 5) is 4.84. The fourth-order valence-corrected chi connectivity index (χ4v) is 6.78. The first-order chi connectivity index (χ1) is 24.5. The quantitative estimate of drug-likeness (QED) is 0.131. The van der Waals surface area contributed by atoms with E-state index in [1.807, 2.05) is 24.4 Å². The van der Waals surface area contributed by atoms with Crippen molar-refractivity contribution in [3.63, 3.8) is 0 Å². The summed E-state index contributed by atoms with van der Waals surface area (Å²) in [7, 11) is 0. The van der Waals surface area contributed by atoms with Crippen LogP contribution in [0.1, 0.15) is 52.8 Å². The molecule has 5 nitrogen and oxygen atoms in total. The lowest BCUT2D eigenvalue weighted by molar-refractivity contribution is -0.611. The fraction of sp³-hybridized carbons (Fsp3) is 0.174. The van der Waals surface area contributed by atoms with Gasteiger partial charge in [0.2, 0.25) is 0 Å². The van der Waals surface area contributed by atoms with Gasteiger partial charge in [-0.1, -0.05) is 108 Å². The molecule has 0 aliphatic rings. The van der Waals surface area contributed by atoms with Gasteiger partial charge in [0.1, 0.15) is 17.3 Å². The van der Waals surface area contributed by atoms with Gasteiger partial charge in [-0.2, -0.15) is 0 Å². The molecule has 0 saturated carbocycles. The van der Waals surface area contributed by atoms with Crippen LogP contribution in [-0.4, -0.2) is 14.1 Å². The average Bonchev–Trinajstić information content (AvgIpc) is 3.73. The number of hydrogen-bond donors (Lipinski definition) is 0. The average molecular weight is 667 g/mol. The molecule has 0 spiro atoms. The van der Waals surface area contributed by atoms with Crippen LogP contribution < -0.4 is 9.30 Å². The fourth-order valence-electron chi connectivity index (χ4n) is 6.78. The molecular weight excluding hydrogens is 625 g/mol. The second-order valence-electron chi connectivity index (χ2n) is 15.3. The standard InChI is InChI=1S/C46H42N4O/c1-45(2,3)34-24-25-47-44(27-34)50-41-21-11-10-20-39(41)40-23-22-38(29-42(40)50)51-37-19-13-17-35(28-37)48-30-43(46(4,5)6)49(31-48)36-18-12-16-33(26-36)32-14-8-7-9-15-32/h7-30H,1-6H3. The number of aromatic nitrogens is 4. The van der Waals surface area contributed by atoms with Crippen LogP contribution in [0.15, 0.2) is 146 Å². The van der Waals surface area contributed by atoms with Crippen molar-refractivity contribution >= 4 is 21.8 Å². The maximum Gasteiger partial charge on any atom is 0.269 e. The number of fused-ring (bicyclic) bond motifs is 3. The zero-order chi connectivity index (χ0) is 35.3. The molecule has 0 aliphatic heterocycles. The van der Waals surface area contributed by atoms with Crippen LogP contribution in [0.2, 0.25) is 0 Å². The summed E-state index contributed by atoms with van der Waals surface area (Å²) in [5, 5.41) is 2.34. The summed E-state index contributed by atoms with van der Waals surface area (Å²) in [6, 6.07) is 46.5. The van der Waals surface area contributed by atoms with Crippen molar-refractivity contribution in [1.29, 1.82) is 0 Å². The smallest absolute Gasteiger partial charge is 0.269 e. The van der Waals surface area contributed by atoms with Gasteiger partial charge in [-0.05, 0) is 88.2 Å². The Kier molecular flexibility index (Phi) is 7.87. The van der Waals surface area contributed by atoms with E-state index >= 15 is 0 Å². The van der Waals surface area contributed by atoms with Crippen molar-refractivity contribution < 1.29 is 9.30 Å². The molecule has 252 valence electrons. The minimum Gasteiger partial charge on any atom is -0.458 e. The van der Waals surface area contributed by atoms with Crippen LogP contribution in [0.3, 0.4) is 0 Å². The number of rotatable bonds is 6. The van der Waals surface area contributed by atoms with Crippen LogP contribution in [0.4, 0.5) is 0 Å². The molecule has 5 heteroatoms. The van der Waals surface area contributed by atoms with Crippen LogP contribution in [0.25, 0.3) is 50.1 Å². The SMILES string of the molecule is CC(C)(C)c1ccnc(-n2c3ccccc3c3ccc(Oc4cccc(-n5[c-][n+](-c6cccc(-c7ccccc7)c6)c(C(C)(C)C)c5)c4)cc32)c1. The Morgan fingerprint density at radius 1 is 0.608 bits per heavy atom. The number of para-hydroxylation sites is 1. The summed E-state index contributed by atoms with van der Waals surface area (Å²) >= 11 is 0. The van der Waals surface area contributed by atoms with Crippen LogP contribution in [-0.2, 0) is 10.8 Å². The summed E-state index contributed by atoms with van der Waals surface area (Å²) < 4.78 is 13.1. The highest BCUT2D eigenvalue weighted by Gasteiger charge is 2.23.